The molecule has 100 valence electrons. The molecule has 6 heteroatoms. The van der Waals surface area contributed by atoms with Crippen molar-refractivity contribution in [3.63, 3.8) is 0 Å². The Kier molecular flexibility index (Phi) is 3.33. The second kappa shape index (κ2) is 4.79. The molecular weight excluding hydrogens is 256 g/mol. The van der Waals surface area contributed by atoms with Crippen LogP contribution in [-0.4, -0.2) is 23.5 Å². The van der Waals surface area contributed by atoms with Crippen molar-refractivity contribution in [3.8, 4) is 0 Å². The number of hydrogen-bond donors (Lipinski definition) is 1. The van der Waals surface area contributed by atoms with Crippen LogP contribution in [-0.2, 0) is 4.79 Å². The van der Waals surface area contributed by atoms with Crippen molar-refractivity contribution in [2.45, 2.75) is 6.42 Å². The minimum atomic E-state index is -1.41. The second-order valence-corrected chi connectivity index (χ2v) is 4.27. The van der Waals surface area contributed by atoms with Gasteiger partial charge in [0.2, 0.25) is 5.91 Å². The molecule has 1 N–H and O–H groups in total. The number of benzene rings is 1. The van der Waals surface area contributed by atoms with Crippen molar-refractivity contribution < 1.29 is 23.5 Å². The number of rotatable bonds is 3. The van der Waals surface area contributed by atoms with Gasteiger partial charge in [0, 0.05) is 18.9 Å². The zero-order valence-electron chi connectivity index (χ0n) is 9.90. The van der Waals surface area contributed by atoms with Crippen LogP contribution in [0, 0.1) is 17.6 Å². The molecule has 1 aliphatic rings. The summed E-state index contributed by atoms with van der Waals surface area (Å²) in [5.41, 5.74) is -0.946. The van der Waals surface area contributed by atoms with Crippen molar-refractivity contribution >= 4 is 17.6 Å². The number of hydrogen-bond acceptors (Lipinski definition) is 2. The maximum atomic E-state index is 13.8. The standard InChI is InChI=1S/C13H11F2NO3/c1-2-7-5-10(17)16(6-7)12-8(13(18)19)3-4-9(14)11(12)15/h2-4,7H,1,5-6H2,(H,18,19). The van der Waals surface area contributed by atoms with Gasteiger partial charge < -0.3 is 10.0 Å². The fourth-order valence-electron chi connectivity index (χ4n) is 2.09. The summed E-state index contributed by atoms with van der Waals surface area (Å²) in [6, 6.07) is 1.68. The summed E-state index contributed by atoms with van der Waals surface area (Å²) in [5, 5.41) is 9.00. The topological polar surface area (TPSA) is 57.6 Å². The van der Waals surface area contributed by atoms with E-state index >= 15 is 0 Å². The Labute approximate surface area is 107 Å². The van der Waals surface area contributed by atoms with E-state index in [-0.39, 0.29) is 18.9 Å². The summed E-state index contributed by atoms with van der Waals surface area (Å²) in [7, 11) is 0. The van der Waals surface area contributed by atoms with E-state index in [4.69, 9.17) is 5.11 Å². The highest BCUT2D eigenvalue weighted by atomic mass is 19.2. The largest absolute Gasteiger partial charge is 0.478 e. The highest BCUT2D eigenvalue weighted by Crippen LogP contribution is 2.32. The van der Waals surface area contributed by atoms with Crippen molar-refractivity contribution in [1.82, 2.24) is 0 Å². The van der Waals surface area contributed by atoms with Gasteiger partial charge in [-0.2, -0.15) is 0 Å². The molecule has 1 unspecified atom stereocenters. The summed E-state index contributed by atoms with van der Waals surface area (Å²) >= 11 is 0. The maximum absolute atomic E-state index is 13.8. The maximum Gasteiger partial charge on any atom is 0.337 e. The van der Waals surface area contributed by atoms with Gasteiger partial charge in [-0.1, -0.05) is 6.08 Å². The lowest BCUT2D eigenvalue weighted by Crippen LogP contribution is -2.28. The third kappa shape index (κ3) is 2.21. The normalized spacial score (nSPS) is 18.7. The summed E-state index contributed by atoms with van der Waals surface area (Å²) in [6.07, 6.45) is 1.65. The molecule has 0 aliphatic carbocycles. The first-order chi connectivity index (χ1) is 8.95. The van der Waals surface area contributed by atoms with Crippen LogP contribution in [0.1, 0.15) is 16.8 Å². The first-order valence-corrected chi connectivity index (χ1v) is 5.60. The van der Waals surface area contributed by atoms with E-state index in [0.29, 0.717) is 0 Å². The zero-order chi connectivity index (χ0) is 14.2. The zero-order valence-corrected chi connectivity index (χ0v) is 9.90. The van der Waals surface area contributed by atoms with Gasteiger partial charge in [-0.15, -0.1) is 6.58 Å². The predicted octanol–water partition coefficient (Wildman–Crippen LogP) is 2.20. The van der Waals surface area contributed by atoms with Gasteiger partial charge in [0.1, 0.15) is 0 Å². The van der Waals surface area contributed by atoms with E-state index in [1.165, 1.54) is 6.08 Å². The number of carboxylic acids is 1. The number of aromatic carboxylic acids is 1. The molecule has 1 atom stereocenters. The first kappa shape index (κ1) is 13.2. The Balaban J connectivity index is 2.55. The monoisotopic (exact) mass is 267 g/mol. The molecule has 0 radical (unpaired) electrons. The molecule has 0 saturated carbocycles. The molecular formula is C13H11F2NO3. The Hall–Kier alpha value is -2.24. The average molecular weight is 267 g/mol. The molecule has 4 nitrogen and oxygen atoms in total. The molecule has 1 heterocycles. The second-order valence-electron chi connectivity index (χ2n) is 4.27. The molecule has 19 heavy (non-hydrogen) atoms. The third-order valence-corrected chi connectivity index (χ3v) is 3.06. The van der Waals surface area contributed by atoms with E-state index in [2.05, 4.69) is 6.58 Å². The van der Waals surface area contributed by atoms with Gasteiger partial charge >= 0.3 is 5.97 Å². The van der Waals surface area contributed by atoms with Crippen molar-refractivity contribution in [3.05, 3.63) is 42.0 Å². The van der Waals surface area contributed by atoms with Crippen molar-refractivity contribution in [1.29, 1.82) is 0 Å². The molecule has 2 rings (SSSR count). The molecule has 0 aromatic heterocycles. The van der Waals surface area contributed by atoms with Gasteiger partial charge in [-0.25, -0.2) is 13.6 Å². The molecule has 0 spiro atoms. The highest BCUT2D eigenvalue weighted by molar-refractivity contribution is 6.03. The van der Waals surface area contributed by atoms with Gasteiger partial charge in [0.05, 0.1) is 11.3 Å². The number of carboxylic acid groups (broad SMARTS) is 1. The van der Waals surface area contributed by atoms with Crippen LogP contribution in [0.5, 0.6) is 0 Å². The number of nitrogens with zero attached hydrogens (tertiary/aromatic N) is 1. The van der Waals surface area contributed by atoms with Crippen LogP contribution in [0.3, 0.4) is 0 Å². The van der Waals surface area contributed by atoms with Gasteiger partial charge in [-0.3, -0.25) is 4.79 Å². The first-order valence-electron chi connectivity index (χ1n) is 5.60. The van der Waals surface area contributed by atoms with Crippen LogP contribution in [0.2, 0.25) is 0 Å². The Bertz CT molecular complexity index is 571. The molecule has 1 amide bonds. The molecule has 1 aromatic carbocycles. The lowest BCUT2D eigenvalue weighted by molar-refractivity contribution is -0.117. The quantitative estimate of drug-likeness (QED) is 0.854. The summed E-state index contributed by atoms with van der Waals surface area (Å²) in [6.45, 7) is 3.64. The molecule has 0 bridgehead atoms. The third-order valence-electron chi connectivity index (χ3n) is 3.06. The molecule has 1 aliphatic heterocycles. The molecule has 1 fully saturated rings. The minimum absolute atomic E-state index is 0.100. The van der Waals surface area contributed by atoms with Crippen LogP contribution in [0.15, 0.2) is 24.8 Å². The number of amides is 1. The van der Waals surface area contributed by atoms with Crippen molar-refractivity contribution in [2.75, 3.05) is 11.4 Å². The van der Waals surface area contributed by atoms with Gasteiger partial charge in [0.25, 0.3) is 0 Å². The van der Waals surface area contributed by atoms with Crippen LogP contribution < -0.4 is 4.90 Å². The number of anilines is 1. The average Bonchev–Trinajstić information content (AvgIpc) is 2.73. The summed E-state index contributed by atoms with van der Waals surface area (Å²) in [4.78, 5) is 23.8. The van der Waals surface area contributed by atoms with Crippen LogP contribution in [0.4, 0.5) is 14.5 Å². The fourth-order valence-corrected chi connectivity index (χ4v) is 2.09. The lowest BCUT2D eigenvalue weighted by Gasteiger charge is -2.19. The van der Waals surface area contributed by atoms with E-state index < -0.39 is 34.8 Å². The van der Waals surface area contributed by atoms with E-state index in [0.717, 1.165) is 17.0 Å². The highest BCUT2D eigenvalue weighted by Gasteiger charge is 2.34. The number of halogens is 2. The van der Waals surface area contributed by atoms with Crippen molar-refractivity contribution in [2.24, 2.45) is 5.92 Å². The fraction of sp³-hybridized carbons (Fsp3) is 0.231. The van der Waals surface area contributed by atoms with Gasteiger partial charge in [-0.05, 0) is 12.1 Å². The predicted molar refractivity (Wildman–Crippen MR) is 64.0 cm³/mol. The lowest BCUT2D eigenvalue weighted by atomic mass is 10.1. The van der Waals surface area contributed by atoms with Gasteiger partial charge in [0.15, 0.2) is 11.6 Å². The van der Waals surface area contributed by atoms with Crippen LogP contribution in [0.25, 0.3) is 0 Å². The number of carbonyl (C=O) groups is 2. The van der Waals surface area contributed by atoms with Crippen LogP contribution >= 0.6 is 0 Å². The SMILES string of the molecule is C=CC1CC(=O)N(c2c(C(=O)O)ccc(F)c2F)C1. The van der Waals surface area contributed by atoms with E-state index in [9.17, 15) is 18.4 Å². The Morgan fingerprint density at radius 2 is 2.16 bits per heavy atom. The molecule has 1 saturated heterocycles. The van der Waals surface area contributed by atoms with E-state index in [1.54, 1.807) is 0 Å². The summed E-state index contributed by atoms with van der Waals surface area (Å²) in [5.74, 6) is -4.56. The number of carbonyl (C=O) groups excluding carboxylic acids is 1. The molecule has 1 aromatic rings. The smallest absolute Gasteiger partial charge is 0.337 e. The summed E-state index contributed by atoms with van der Waals surface area (Å²) < 4.78 is 27.1. The Morgan fingerprint density at radius 1 is 1.47 bits per heavy atom. The minimum Gasteiger partial charge on any atom is -0.478 e. The van der Waals surface area contributed by atoms with E-state index in [1.807, 2.05) is 0 Å². The Morgan fingerprint density at radius 3 is 2.68 bits per heavy atom.